The number of aliphatic carboxylic acids is 1. The number of anilines is 1. The maximum absolute atomic E-state index is 11.9. The van der Waals surface area contributed by atoms with E-state index in [4.69, 9.17) is 21.4 Å². The molecule has 1 amide bonds. The molecule has 0 aliphatic heterocycles. The van der Waals surface area contributed by atoms with Crippen molar-refractivity contribution in [2.75, 3.05) is 17.7 Å². The van der Waals surface area contributed by atoms with E-state index in [9.17, 15) is 9.59 Å². The molecule has 0 heterocycles. The van der Waals surface area contributed by atoms with Crippen molar-refractivity contribution in [2.24, 2.45) is 0 Å². The fraction of sp³-hybridized carbons (Fsp3) is 0.125. The Kier molecular flexibility index (Phi) is 6.31. The van der Waals surface area contributed by atoms with Crippen molar-refractivity contribution in [2.45, 2.75) is 4.90 Å². The van der Waals surface area contributed by atoms with Gasteiger partial charge >= 0.3 is 5.97 Å². The molecule has 2 aromatic rings. The number of benzene rings is 2. The number of hydrogen-bond acceptors (Lipinski definition) is 4. The molecular weight excluding hydrogens is 338 g/mol. The molecule has 0 bridgehead atoms. The summed E-state index contributed by atoms with van der Waals surface area (Å²) in [7, 11) is 0. The maximum Gasteiger partial charge on any atom is 0.341 e. The highest BCUT2D eigenvalue weighted by molar-refractivity contribution is 8.00. The lowest BCUT2D eigenvalue weighted by Crippen LogP contribution is -2.14. The van der Waals surface area contributed by atoms with Crippen LogP contribution in [0.5, 0.6) is 5.75 Å². The van der Waals surface area contributed by atoms with Crippen molar-refractivity contribution in [1.82, 2.24) is 0 Å². The Hall–Kier alpha value is -2.18. The molecule has 0 aromatic heterocycles. The predicted molar refractivity (Wildman–Crippen MR) is 90.4 cm³/mol. The fourth-order valence-corrected chi connectivity index (χ4v) is 2.51. The molecular formula is C16H14ClNO4S. The lowest BCUT2D eigenvalue weighted by molar-refractivity contribution is -0.139. The highest BCUT2D eigenvalue weighted by atomic mass is 35.5. The van der Waals surface area contributed by atoms with Crippen molar-refractivity contribution in [3.05, 3.63) is 53.6 Å². The standard InChI is InChI=1S/C16H14ClNO4S/c17-11-4-6-14(7-5-11)23-10-15(19)18-12-2-1-3-13(8-12)22-9-16(20)21/h1-8H,9-10H2,(H,18,19)(H,20,21). The van der Waals surface area contributed by atoms with Gasteiger partial charge < -0.3 is 15.2 Å². The van der Waals surface area contributed by atoms with Gasteiger partial charge in [-0.3, -0.25) is 4.79 Å². The summed E-state index contributed by atoms with van der Waals surface area (Å²) in [5, 5.41) is 12.0. The van der Waals surface area contributed by atoms with E-state index in [0.717, 1.165) is 4.90 Å². The number of rotatable bonds is 7. The van der Waals surface area contributed by atoms with Crippen LogP contribution in [-0.2, 0) is 9.59 Å². The molecule has 0 saturated carbocycles. The van der Waals surface area contributed by atoms with Crippen LogP contribution in [0.2, 0.25) is 5.02 Å². The van der Waals surface area contributed by atoms with Gasteiger partial charge in [-0.15, -0.1) is 11.8 Å². The van der Waals surface area contributed by atoms with Gasteiger partial charge in [0, 0.05) is 21.7 Å². The van der Waals surface area contributed by atoms with Crippen LogP contribution < -0.4 is 10.1 Å². The number of ether oxygens (including phenoxy) is 1. The lowest BCUT2D eigenvalue weighted by atomic mass is 10.3. The van der Waals surface area contributed by atoms with Gasteiger partial charge in [0.05, 0.1) is 5.75 Å². The molecule has 0 unspecified atom stereocenters. The smallest absolute Gasteiger partial charge is 0.341 e. The van der Waals surface area contributed by atoms with E-state index in [-0.39, 0.29) is 11.7 Å². The third kappa shape index (κ3) is 6.22. The largest absolute Gasteiger partial charge is 0.482 e. The Morgan fingerprint density at radius 1 is 1.17 bits per heavy atom. The lowest BCUT2D eigenvalue weighted by Gasteiger charge is -2.08. The number of hydrogen-bond donors (Lipinski definition) is 2. The normalized spacial score (nSPS) is 10.1. The van der Waals surface area contributed by atoms with Gasteiger partial charge in [-0.1, -0.05) is 17.7 Å². The van der Waals surface area contributed by atoms with Crippen molar-refractivity contribution in [3.8, 4) is 5.75 Å². The van der Waals surface area contributed by atoms with E-state index < -0.39 is 12.6 Å². The molecule has 0 spiro atoms. The molecule has 2 aromatic carbocycles. The molecule has 0 aliphatic carbocycles. The van der Waals surface area contributed by atoms with E-state index >= 15 is 0 Å². The summed E-state index contributed by atoms with van der Waals surface area (Å²) >= 11 is 7.20. The first-order chi connectivity index (χ1) is 11.0. The Morgan fingerprint density at radius 2 is 1.91 bits per heavy atom. The average molecular weight is 352 g/mol. The molecule has 23 heavy (non-hydrogen) atoms. The van der Waals surface area contributed by atoms with Gasteiger partial charge in [0.2, 0.25) is 5.91 Å². The van der Waals surface area contributed by atoms with Crippen molar-refractivity contribution in [1.29, 1.82) is 0 Å². The fourth-order valence-electron chi connectivity index (χ4n) is 1.69. The van der Waals surface area contributed by atoms with Gasteiger partial charge in [-0.05, 0) is 36.4 Å². The molecule has 0 saturated heterocycles. The summed E-state index contributed by atoms with van der Waals surface area (Å²) < 4.78 is 5.06. The first kappa shape index (κ1) is 17.2. The SMILES string of the molecule is O=C(O)COc1cccc(NC(=O)CSc2ccc(Cl)cc2)c1. The molecule has 120 valence electrons. The average Bonchev–Trinajstić information content (AvgIpc) is 2.53. The Labute approximate surface area is 142 Å². The van der Waals surface area contributed by atoms with Crippen molar-refractivity contribution < 1.29 is 19.4 Å². The molecule has 0 fully saturated rings. The number of carbonyl (C=O) groups excluding carboxylic acids is 1. The number of carboxylic acids is 1. The van der Waals surface area contributed by atoms with Crippen LogP contribution in [0.3, 0.4) is 0 Å². The van der Waals surface area contributed by atoms with Crippen molar-refractivity contribution >= 4 is 40.9 Å². The van der Waals surface area contributed by atoms with Crippen LogP contribution in [0.1, 0.15) is 0 Å². The zero-order valence-electron chi connectivity index (χ0n) is 12.0. The molecule has 0 aliphatic rings. The van der Waals surface area contributed by atoms with Gasteiger partial charge in [-0.25, -0.2) is 4.79 Å². The van der Waals surface area contributed by atoms with Gasteiger partial charge in [0.25, 0.3) is 0 Å². The van der Waals surface area contributed by atoms with Crippen LogP contribution >= 0.6 is 23.4 Å². The Balaban J connectivity index is 1.86. The van der Waals surface area contributed by atoms with Gasteiger partial charge in [0.15, 0.2) is 6.61 Å². The molecule has 0 radical (unpaired) electrons. The monoisotopic (exact) mass is 351 g/mol. The summed E-state index contributed by atoms with van der Waals surface area (Å²) in [4.78, 5) is 23.4. The third-order valence-electron chi connectivity index (χ3n) is 2.66. The first-order valence-electron chi connectivity index (χ1n) is 6.66. The number of nitrogens with one attached hydrogen (secondary N) is 1. The Morgan fingerprint density at radius 3 is 2.61 bits per heavy atom. The van der Waals surface area contributed by atoms with E-state index in [1.54, 1.807) is 36.4 Å². The minimum absolute atomic E-state index is 0.166. The summed E-state index contributed by atoms with van der Waals surface area (Å²) in [6, 6.07) is 13.8. The van der Waals surface area contributed by atoms with E-state index in [0.29, 0.717) is 16.5 Å². The van der Waals surface area contributed by atoms with Crippen LogP contribution in [0, 0.1) is 0 Å². The van der Waals surface area contributed by atoms with Crippen LogP contribution in [0.4, 0.5) is 5.69 Å². The minimum Gasteiger partial charge on any atom is -0.482 e. The van der Waals surface area contributed by atoms with Crippen LogP contribution in [0.25, 0.3) is 0 Å². The van der Waals surface area contributed by atoms with Crippen LogP contribution in [-0.4, -0.2) is 29.3 Å². The molecule has 5 nitrogen and oxygen atoms in total. The van der Waals surface area contributed by atoms with E-state index in [1.165, 1.54) is 11.8 Å². The van der Waals surface area contributed by atoms with Crippen LogP contribution in [0.15, 0.2) is 53.4 Å². The number of halogens is 1. The number of carbonyl (C=O) groups is 2. The quantitative estimate of drug-likeness (QED) is 0.746. The van der Waals surface area contributed by atoms with E-state index in [2.05, 4.69) is 5.32 Å². The molecule has 0 atom stereocenters. The maximum atomic E-state index is 11.9. The minimum atomic E-state index is -1.06. The molecule has 2 rings (SSSR count). The van der Waals surface area contributed by atoms with Gasteiger partial charge in [-0.2, -0.15) is 0 Å². The Bertz CT molecular complexity index is 691. The zero-order valence-corrected chi connectivity index (χ0v) is 13.6. The van der Waals surface area contributed by atoms with E-state index in [1.807, 2.05) is 12.1 Å². The second-order valence-corrected chi connectivity index (χ2v) is 5.99. The summed E-state index contributed by atoms with van der Waals surface area (Å²) in [6.07, 6.45) is 0. The second kappa shape index (κ2) is 8.45. The molecule has 2 N–H and O–H groups in total. The number of carboxylic acid groups (broad SMARTS) is 1. The van der Waals surface area contributed by atoms with Gasteiger partial charge in [0.1, 0.15) is 5.75 Å². The highest BCUT2D eigenvalue weighted by Crippen LogP contribution is 2.21. The zero-order chi connectivity index (χ0) is 16.7. The third-order valence-corrected chi connectivity index (χ3v) is 3.93. The molecule has 7 heteroatoms. The summed E-state index contributed by atoms with van der Waals surface area (Å²) in [6.45, 7) is -0.427. The highest BCUT2D eigenvalue weighted by Gasteiger charge is 2.06. The number of thioether (sulfide) groups is 1. The topological polar surface area (TPSA) is 75.6 Å². The summed E-state index contributed by atoms with van der Waals surface area (Å²) in [5.41, 5.74) is 0.551. The second-order valence-electron chi connectivity index (χ2n) is 4.50. The summed E-state index contributed by atoms with van der Waals surface area (Å²) in [5.74, 6) is -0.586. The van der Waals surface area contributed by atoms with Crippen molar-refractivity contribution in [3.63, 3.8) is 0 Å². The first-order valence-corrected chi connectivity index (χ1v) is 8.02. The predicted octanol–water partition coefficient (Wildman–Crippen LogP) is 3.53. The number of amides is 1.